The van der Waals surface area contributed by atoms with Crippen molar-refractivity contribution in [3.8, 4) is 17.4 Å². The Kier molecular flexibility index (Phi) is 13.5. The zero-order valence-electron chi connectivity index (χ0n) is 35.0. The Morgan fingerprint density at radius 2 is 1.64 bits per heavy atom. The summed E-state index contributed by atoms with van der Waals surface area (Å²) in [7, 11) is 1.70. The zero-order valence-corrected chi connectivity index (χ0v) is 36.0. The van der Waals surface area contributed by atoms with Crippen molar-refractivity contribution in [3.63, 3.8) is 0 Å². The Labute approximate surface area is 333 Å². The molecule has 3 aliphatic carbocycles. The number of fused-ring (bicyclic) bond motifs is 4. The molecular formula is C43H62N2O10Si. The molecule has 2 aromatic rings. The van der Waals surface area contributed by atoms with Crippen LogP contribution in [0.2, 0.25) is 18.1 Å². The van der Waals surface area contributed by atoms with Gasteiger partial charge in [0.05, 0.1) is 37.5 Å². The molecule has 1 aromatic heterocycles. The predicted molar refractivity (Wildman–Crippen MR) is 217 cm³/mol. The highest BCUT2D eigenvalue weighted by molar-refractivity contribution is 6.74. The highest BCUT2D eigenvalue weighted by atomic mass is 28.4. The maximum atomic E-state index is 15.9. The van der Waals surface area contributed by atoms with Gasteiger partial charge < -0.3 is 37.7 Å². The van der Waals surface area contributed by atoms with Gasteiger partial charge in [-0.25, -0.2) is 0 Å². The molecule has 4 atom stereocenters. The van der Waals surface area contributed by atoms with Crippen LogP contribution in [0.5, 0.6) is 17.4 Å². The molecule has 12 nitrogen and oxygen atoms in total. The van der Waals surface area contributed by atoms with Crippen LogP contribution in [0.4, 0.5) is 0 Å². The van der Waals surface area contributed by atoms with Gasteiger partial charge in [-0.15, -0.1) is 13.2 Å². The van der Waals surface area contributed by atoms with E-state index < -0.39 is 54.7 Å². The topological polar surface area (TPSA) is 139 Å². The van der Waals surface area contributed by atoms with Crippen LogP contribution in [-0.4, -0.2) is 88.3 Å². The highest BCUT2D eigenvalue weighted by Crippen LogP contribution is 2.60. The van der Waals surface area contributed by atoms with E-state index in [2.05, 4.69) is 50.9 Å². The number of ether oxygens (including phenoxy) is 5. The lowest BCUT2D eigenvalue weighted by Crippen LogP contribution is -2.68. The van der Waals surface area contributed by atoms with Crippen LogP contribution in [0, 0.1) is 11.8 Å². The lowest BCUT2D eigenvalue weighted by atomic mass is 9.57. The number of aliphatic hydroxyl groups is 1. The summed E-state index contributed by atoms with van der Waals surface area (Å²) in [5.41, 5.74) is -0.210. The molecule has 0 aliphatic heterocycles. The molecule has 0 amide bonds. The number of hydrogen-bond donors (Lipinski definition) is 1. The van der Waals surface area contributed by atoms with Gasteiger partial charge in [-0.1, -0.05) is 59.6 Å². The first kappa shape index (κ1) is 43.4. The fourth-order valence-corrected chi connectivity index (χ4v) is 9.71. The number of hydrogen-bond acceptors (Lipinski definition) is 12. The number of unbranched alkanes of at least 4 members (excludes halogenated alkanes) is 2. The third-order valence-corrected chi connectivity index (χ3v) is 16.4. The second-order valence-corrected chi connectivity index (χ2v) is 21.2. The minimum atomic E-state index is -2.94. The second-order valence-electron chi connectivity index (χ2n) is 16.5. The Balaban J connectivity index is 1.85. The van der Waals surface area contributed by atoms with Crippen molar-refractivity contribution in [2.75, 3.05) is 47.6 Å². The lowest BCUT2D eigenvalue weighted by Gasteiger charge is -2.55. The van der Waals surface area contributed by atoms with E-state index in [0.717, 1.165) is 25.7 Å². The average Bonchev–Trinajstić information content (AvgIpc) is 3.56. The first-order valence-electron chi connectivity index (χ1n) is 19.9. The fourth-order valence-electron chi connectivity index (χ4n) is 8.27. The number of carbonyl (C=O) groups is 2. The van der Waals surface area contributed by atoms with E-state index in [4.69, 9.17) is 32.6 Å². The Morgan fingerprint density at radius 1 is 1.02 bits per heavy atom. The van der Waals surface area contributed by atoms with E-state index in [1.807, 2.05) is 20.0 Å². The molecule has 13 heteroatoms. The van der Waals surface area contributed by atoms with Gasteiger partial charge in [-0.05, 0) is 61.0 Å². The van der Waals surface area contributed by atoms with E-state index in [0.29, 0.717) is 66.7 Å². The molecule has 0 radical (unpaired) electrons. The predicted octanol–water partition coefficient (Wildman–Crippen LogP) is 8.74. The van der Waals surface area contributed by atoms with Crippen LogP contribution in [0.25, 0.3) is 5.76 Å². The minimum Gasteiger partial charge on any atom is -0.507 e. The van der Waals surface area contributed by atoms with Gasteiger partial charge >= 0.3 is 0 Å². The van der Waals surface area contributed by atoms with Gasteiger partial charge in [-0.3, -0.25) is 14.5 Å². The van der Waals surface area contributed by atoms with Gasteiger partial charge in [0, 0.05) is 44.4 Å². The molecule has 0 bridgehead atoms. The maximum Gasteiger partial charge on any atom is 0.265 e. The van der Waals surface area contributed by atoms with Crippen molar-refractivity contribution in [3.05, 3.63) is 65.0 Å². The minimum absolute atomic E-state index is 0.0362. The molecule has 1 saturated carbocycles. The first-order chi connectivity index (χ1) is 26.6. The quantitative estimate of drug-likeness (QED) is 0.0478. The third kappa shape index (κ3) is 7.41. The molecule has 0 unspecified atom stereocenters. The summed E-state index contributed by atoms with van der Waals surface area (Å²) >= 11 is 0. The molecule has 3 aliphatic rings. The monoisotopic (exact) mass is 794 g/mol. The number of carbonyl (C=O) groups excluding carboxylic acids is 2. The van der Waals surface area contributed by atoms with E-state index in [1.165, 1.54) is 0 Å². The molecule has 5 rings (SSSR count). The average molecular weight is 795 g/mol. The highest BCUT2D eigenvalue weighted by Gasteiger charge is 2.69. The van der Waals surface area contributed by atoms with Crippen molar-refractivity contribution in [1.82, 2.24) is 10.1 Å². The summed E-state index contributed by atoms with van der Waals surface area (Å²) in [6.07, 6.45) is 6.60. The number of rotatable bonds is 19. The summed E-state index contributed by atoms with van der Waals surface area (Å²) in [5.74, 6) is -1.50. The molecule has 1 fully saturated rings. The first-order valence-corrected chi connectivity index (χ1v) is 22.8. The number of Topliss-reactive ketones (excluding diaryl/α,β-unsaturated/α-hetero) is 2. The second kappa shape index (κ2) is 17.4. The molecule has 56 heavy (non-hydrogen) atoms. The van der Waals surface area contributed by atoms with Gasteiger partial charge in [0.25, 0.3) is 5.88 Å². The van der Waals surface area contributed by atoms with Crippen LogP contribution in [0.3, 0.4) is 0 Å². The largest absolute Gasteiger partial charge is 0.507 e. The van der Waals surface area contributed by atoms with Crippen LogP contribution in [0.15, 0.2) is 41.5 Å². The SMILES string of the molecule is C=CCN(CC=C)[C@@H]1c2onc(OCCCC)c2C(=O)[C@@]2(O[Si](C)(C)C(C)(C)C)C(=O)C3=C(O)c4c(OCCCC)cc(C(OC)OC)c(OC)c4C[C@H]3C[C@@H]12. The normalized spacial score (nSPS) is 22.1. The summed E-state index contributed by atoms with van der Waals surface area (Å²) < 4.78 is 43.3. The smallest absolute Gasteiger partial charge is 0.265 e. The van der Waals surface area contributed by atoms with Crippen molar-refractivity contribution in [1.29, 1.82) is 0 Å². The molecular weight excluding hydrogens is 733 g/mol. The Hall–Kier alpha value is -3.75. The van der Waals surface area contributed by atoms with Crippen LogP contribution in [0.1, 0.15) is 112 Å². The molecule has 0 saturated heterocycles. The number of aromatic nitrogens is 1. The van der Waals surface area contributed by atoms with Gasteiger partial charge in [0.15, 0.2) is 26.0 Å². The van der Waals surface area contributed by atoms with Crippen molar-refractivity contribution < 1.29 is 47.3 Å². The fraction of sp³-hybridized carbons (Fsp3) is 0.605. The van der Waals surface area contributed by atoms with E-state index in [-0.39, 0.29) is 29.2 Å². The van der Waals surface area contributed by atoms with Crippen molar-refractivity contribution in [2.24, 2.45) is 11.8 Å². The molecule has 1 aromatic carbocycles. The molecule has 0 spiro atoms. The number of aliphatic hydroxyl groups excluding tert-OH is 1. The van der Waals surface area contributed by atoms with Crippen LogP contribution < -0.4 is 14.2 Å². The van der Waals surface area contributed by atoms with Gasteiger partial charge in [-0.2, -0.15) is 0 Å². The lowest BCUT2D eigenvalue weighted by molar-refractivity contribution is -0.141. The summed E-state index contributed by atoms with van der Waals surface area (Å²) in [5, 5.41) is 16.5. The van der Waals surface area contributed by atoms with Gasteiger partial charge in [0.2, 0.25) is 11.6 Å². The standard InChI is InChI=1S/C43H62N2O10Si/c1-13-17-21-52-30-25-28(41(50-9)51-10)36(49-8)27-23-26-24-29-34(45(19-15-3)20-16-4)37-33(40(44-54-37)53-22-18-14-2)39(48)43(29,55-56(11,12)42(5,6)7)38(47)31(26)35(46)32(27)30/h15-16,25-26,29,34,41,46H,3-4,13-14,17-24H2,1-2,5-12H3/t26-,29-,34-,43-/m0/s1. The van der Waals surface area contributed by atoms with Gasteiger partial charge in [0.1, 0.15) is 22.8 Å². The molecule has 308 valence electrons. The number of ketones is 2. The zero-order chi connectivity index (χ0) is 41.2. The Bertz CT molecular complexity index is 1810. The number of nitrogens with zero attached hydrogens (tertiary/aromatic N) is 2. The summed E-state index contributed by atoms with van der Waals surface area (Å²) in [4.78, 5) is 33.6. The summed E-state index contributed by atoms with van der Waals surface area (Å²) in [6, 6.07) is 1.08. The van der Waals surface area contributed by atoms with E-state index >= 15 is 9.59 Å². The van der Waals surface area contributed by atoms with Crippen LogP contribution >= 0.6 is 0 Å². The Morgan fingerprint density at radius 3 is 2.20 bits per heavy atom. The van der Waals surface area contributed by atoms with E-state index in [1.54, 1.807) is 39.5 Å². The maximum absolute atomic E-state index is 15.9. The van der Waals surface area contributed by atoms with Crippen molar-refractivity contribution in [2.45, 2.75) is 109 Å². The number of benzene rings is 1. The molecule has 1 N–H and O–H groups in total. The summed E-state index contributed by atoms with van der Waals surface area (Å²) in [6.45, 7) is 23.9. The number of methoxy groups -OCH3 is 3. The van der Waals surface area contributed by atoms with E-state index in [9.17, 15) is 5.11 Å². The van der Waals surface area contributed by atoms with Crippen molar-refractivity contribution >= 4 is 25.6 Å². The van der Waals surface area contributed by atoms with Crippen LogP contribution in [-0.2, 0) is 25.1 Å². The molecule has 1 heterocycles. The third-order valence-electron chi connectivity index (χ3n) is 12.0.